The first kappa shape index (κ1) is 15.3. The molecule has 1 unspecified atom stereocenters. The van der Waals surface area contributed by atoms with E-state index in [1.807, 2.05) is 13.8 Å². The molecule has 0 amide bonds. The van der Waals surface area contributed by atoms with Gasteiger partial charge in [-0.2, -0.15) is 0 Å². The van der Waals surface area contributed by atoms with Crippen LogP contribution >= 0.6 is 55.1 Å². The summed E-state index contributed by atoms with van der Waals surface area (Å²) in [5.41, 5.74) is 1.34. The Kier molecular flexibility index (Phi) is 8.23. The van der Waals surface area contributed by atoms with Gasteiger partial charge in [-0.05, 0) is 26.7 Å². The molecule has 0 aliphatic heterocycles. The lowest BCUT2D eigenvalue weighted by atomic mass is 10.0. The van der Waals surface area contributed by atoms with Crippen LogP contribution in [0.1, 0.15) is 26.7 Å². The smallest absolute Gasteiger partial charge is 0.0515 e. The van der Waals surface area contributed by atoms with Crippen molar-refractivity contribution in [2.75, 3.05) is 11.2 Å². The molecule has 0 nitrogen and oxygen atoms in total. The van der Waals surface area contributed by atoms with Gasteiger partial charge in [0.2, 0.25) is 0 Å². The largest absolute Gasteiger partial charge is 0.122 e. The third-order valence-electron chi connectivity index (χ3n) is 2.00. The molecule has 0 heterocycles. The van der Waals surface area contributed by atoms with Crippen LogP contribution < -0.4 is 0 Å². The van der Waals surface area contributed by atoms with E-state index < -0.39 is 0 Å². The van der Waals surface area contributed by atoms with E-state index >= 15 is 0 Å². The molecule has 0 aromatic rings. The first-order chi connectivity index (χ1) is 6.41. The molecule has 0 aliphatic carbocycles. The van der Waals surface area contributed by atoms with Crippen molar-refractivity contribution in [3.05, 3.63) is 11.6 Å². The Morgan fingerprint density at radius 1 is 1.50 bits per heavy atom. The minimum absolute atomic E-state index is 0.196. The topological polar surface area (TPSA) is 0 Å². The number of hydrogen-bond acceptors (Lipinski definition) is 0. The minimum Gasteiger partial charge on any atom is -0.122 e. The van der Waals surface area contributed by atoms with E-state index in [4.69, 9.17) is 23.2 Å². The van der Waals surface area contributed by atoms with Gasteiger partial charge in [0.15, 0.2) is 0 Å². The van der Waals surface area contributed by atoms with E-state index in [9.17, 15) is 0 Å². The average Bonchev–Trinajstić information content (AvgIpc) is 2.10. The van der Waals surface area contributed by atoms with Crippen molar-refractivity contribution in [3.8, 4) is 0 Å². The maximum atomic E-state index is 6.18. The van der Waals surface area contributed by atoms with Crippen LogP contribution in [0.2, 0.25) is 0 Å². The summed E-state index contributed by atoms with van der Waals surface area (Å²) in [5.74, 6) is 0.582. The van der Waals surface area contributed by atoms with Gasteiger partial charge in [-0.25, -0.2) is 0 Å². The lowest BCUT2D eigenvalue weighted by Gasteiger charge is -2.23. The predicted molar refractivity (Wildman–Crippen MR) is 74.5 cm³/mol. The molecule has 0 aromatic carbocycles. The summed E-state index contributed by atoms with van der Waals surface area (Å²) >= 11 is 18.9. The maximum Gasteiger partial charge on any atom is 0.0515 e. The first-order valence-corrected chi connectivity index (χ1v) is 7.49. The highest BCUT2D eigenvalue weighted by molar-refractivity contribution is 9.09. The number of halogens is 4. The van der Waals surface area contributed by atoms with Crippen molar-refractivity contribution in [2.24, 2.45) is 0 Å². The van der Waals surface area contributed by atoms with Crippen LogP contribution in [0, 0.1) is 0 Å². The van der Waals surface area contributed by atoms with Gasteiger partial charge in [-0.3, -0.25) is 0 Å². The van der Waals surface area contributed by atoms with Gasteiger partial charge in [0.25, 0.3) is 0 Å². The molecular formula is C10H16Br2Cl2. The Balaban J connectivity index is 3.98. The highest BCUT2D eigenvalue weighted by atomic mass is 79.9. The van der Waals surface area contributed by atoms with Crippen LogP contribution in [0.5, 0.6) is 0 Å². The van der Waals surface area contributed by atoms with Crippen LogP contribution in [0.15, 0.2) is 11.6 Å². The van der Waals surface area contributed by atoms with Gasteiger partial charge in [-0.1, -0.05) is 43.5 Å². The Hall–Kier alpha value is 1.28. The molecule has 4 heteroatoms. The molecule has 0 bridgehead atoms. The Morgan fingerprint density at radius 3 is 2.43 bits per heavy atom. The monoisotopic (exact) mass is 364 g/mol. The molecule has 0 saturated carbocycles. The van der Waals surface area contributed by atoms with Crippen molar-refractivity contribution in [3.63, 3.8) is 0 Å². The number of rotatable bonds is 6. The van der Waals surface area contributed by atoms with E-state index in [0.717, 1.165) is 18.2 Å². The highest BCUT2D eigenvalue weighted by Crippen LogP contribution is 2.29. The fourth-order valence-corrected chi connectivity index (χ4v) is 2.05. The Bertz CT molecular complexity index is 185. The lowest BCUT2D eigenvalue weighted by molar-refractivity contribution is 0.616. The minimum atomic E-state index is -0.196. The van der Waals surface area contributed by atoms with Crippen LogP contribution in [-0.4, -0.2) is 20.9 Å². The standard InChI is InChI=1S/C10H16Br2Cl2/c1-10(2,14)9(12)4-3-8(7-11)5-6-13/h5,9H,3-4,6-7H2,1-2H3/b8-5-. The van der Waals surface area contributed by atoms with Gasteiger partial charge in [0.05, 0.1) is 4.87 Å². The highest BCUT2D eigenvalue weighted by Gasteiger charge is 2.23. The molecule has 1 atom stereocenters. The SMILES string of the molecule is CC(C)(Cl)C(Br)CC/C(=C/CCl)CBr. The molecule has 0 aromatic heterocycles. The summed E-state index contributed by atoms with van der Waals surface area (Å²) in [6, 6.07) is 0. The summed E-state index contributed by atoms with van der Waals surface area (Å²) < 4.78 is 0. The zero-order chi connectivity index (χ0) is 11.2. The molecule has 14 heavy (non-hydrogen) atoms. The fourth-order valence-electron chi connectivity index (χ4n) is 0.988. The predicted octanol–water partition coefficient (Wildman–Crippen LogP) is 5.11. The van der Waals surface area contributed by atoms with E-state index in [2.05, 4.69) is 37.9 Å². The number of allylic oxidation sites excluding steroid dienone is 2. The van der Waals surface area contributed by atoms with Gasteiger partial charge in [0, 0.05) is 16.0 Å². The van der Waals surface area contributed by atoms with Crippen LogP contribution in [0.25, 0.3) is 0 Å². The molecule has 0 radical (unpaired) electrons. The normalized spacial score (nSPS) is 15.7. The second kappa shape index (κ2) is 7.54. The summed E-state index contributed by atoms with van der Waals surface area (Å²) in [7, 11) is 0. The van der Waals surface area contributed by atoms with Gasteiger partial charge < -0.3 is 0 Å². The molecular weight excluding hydrogens is 351 g/mol. The van der Waals surface area contributed by atoms with Crippen LogP contribution in [0.3, 0.4) is 0 Å². The summed E-state index contributed by atoms with van der Waals surface area (Å²) in [4.78, 5) is 0.132. The number of hydrogen-bond donors (Lipinski definition) is 0. The number of alkyl halides is 4. The second-order valence-electron chi connectivity index (χ2n) is 3.72. The Labute approximate surface area is 114 Å². The Morgan fingerprint density at radius 2 is 2.07 bits per heavy atom. The zero-order valence-corrected chi connectivity index (χ0v) is 13.2. The van der Waals surface area contributed by atoms with E-state index in [0.29, 0.717) is 10.7 Å². The van der Waals surface area contributed by atoms with Gasteiger partial charge in [-0.15, -0.1) is 23.2 Å². The zero-order valence-electron chi connectivity index (χ0n) is 8.49. The summed E-state index contributed by atoms with van der Waals surface area (Å²) in [6.07, 6.45) is 4.12. The maximum absolute atomic E-state index is 6.18. The van der Waals surface area contributed by atoms with Crippen LogP contribution in [0.4, 0.5) is 0 Å². The third-order valence-corrected chi connectivity index (χ3v) is 5.01. The van der Waals surface area contributed by atoms with Crippen molar-refractivity contribution in [1.82, 2.24) is 0 Å². The van der Waals surface area contributed by atoms with E-state index in [-0.39, 0.29) is 4.87 Å². The van der Waals surface area contributed by atoms with Crippen LogP contribution in [-0.2, 0) is 0 Å². The lowest BCUT2D eigenvalue weighted by Crippen LogP contribution is -2.24. The quantitative estimate of drug-likeness (QED) is 0.452. The van der Waals surface area contributed by atoms with Crippen molar-refractivity contribution < 1.29 is 0 Å². The molecule has 84 valence electrons. The first-order valence-electron chi connectivity index (χ1n) is 4.54. The molecule has 0 fully saturated rings. The van der Waals surface area contributed by atoms with Gasteiger partial charge in [0.1, 0.15) is 0 Å². The molecule has 0 rings (SSSR count). The second-order valence-corrected chi connectivity index (χ2v) is 6.67. The van der Waals surface area contributed by atoms with Crippen molar-refractivity contribution >= 4 is 55.1 Å². The van der Waals surface area contributed by atoms with E-state index in [1.165, 1.54) is 5.57 Å². The van der Waals surface area contributed by atoms with Crippen molar-refractivity contribution in [2.45, 2.75) is 36.4 Å². The summed E-state index contributed by atoms with van der Waals surface area (Å²) in [6.45, 7) is 4.04. The fraction of sp³-hybridized carbons (Fsp3) is 0.800. The van der Waals surface area contributed by atoms with Crippen molar-refractivity contribution in [1.29, 1.82) is 0 Å². The molecule has 0 spiro atoms. The third kappa shape index (κ3) is 6.71. The summed E-state index contributed by atoms with van der Waals surface area (Å²) in [5, 5.41) is 0.891. The molecule has 0 aliphatic rings. The van der Waals surface area contributed by atoms with Gasteiger partial charge >= 0.3 is 0 Å². The molecule has 0 saturated heterocycles. The van der Waals surface area contributed by atoms with E-state index in [1.54, 1.807) is 0 Å². The average molecular weight is 367 g/mol. The molecule has 0 N–H and O–H groups in total.